The van der Waals surface area contributed by atoms with Gasteiger partial charge in [-0.3, -0.25) is 9.59 Å². The predicted molar refractivity (Wildman–Crippen MR) is 257 cm³/mol. The number of nitrogens with zero attached hydrogens (tertiary/aromatic N) is 1. The molecule has 2 unspecified atom stereocenters. The number of hydrogen-bond acceptors (Lipinski definition) is 6. The predicted octanol–water partition coefficient (Wildman–Crippen LogP) is 13.9. The third-order valence-electron chi connectivity index (χ3n) is 10.7. The molecule has 0 spiro atoms. The summed E-state index contributed by atoms with van der Waals surface area (Å²) in [6.07, 6.45) is 55.1. The van der Waals surface area contributed by atoms with Crippen LogP contribution in [0.15, 0.2) is 72.9 Å². The van der Waals surface area contributed by atoms with Crippen molar-refractivity contribution in [1.82, 2.24) is 0 Å². The zero-order valence-corrected chi connectivity index (χ0v) is 39.8. The van der Waals surface area contributed by atoms with Crippen LogP contribution in [-0.4, -0.2) is 80.6 Å². The Bertz CT molecular complexity index is 1230. The minimum absolute atomic E-state index is 0.0472. The van der Waals surface area contributed by atoms with Gasteiger partial charge in [0.25, 0.3) is 0 Å². The average molecular weight is 855 g/mol. The average Bonchev–Trinajstić information content (AvgIpc) is 3.22. The van der Waals surface area contributed by atoms with Gasteiger partial charge in [-0.15, -0.1) is 0 Å². The van der Waals surface area contributed by atoms with Crippen LogP contribution in [0.25, 0.3) is 0 Å². The van der Waals surface area contributed by atoms with Crippen molar-refractivity contribution in [3.05, 3.63) is 72.9 Å². The van der Waals surface area contributed by atoms with Gasteiger partial charge in [-0.2, -0.15) is 0 Å². The van der Waals surface area contributed by atoms with Gasteiger partial charge in [-0.25, -0.2) is 4.79 Å². The van der Waals surface area contributed by atoms with E-state index in [1.165, 1.54) is 96.3 Å². The van der Waals surface area contributed by atoms with Gasteiger partial charge in [0.15, 0.2) is 12.1 Å². The van der Waals surface area contributed by atoms with Crippen LogP contribution in [0.2, 0.25) is 0 Å². The Labute approximate surface area is 374 Å². The molecule has 0 amide bonds. The molecule has 8 nitrogen and oxygen atoms in total. The first-order valence-corrected chi connectivity index (χ1v) is 24.5. The number of unbranched alkanes of at least 4 members (excludes halogenated alkanes) is 21. The first-order valence-electron chi connectivity index (χ1n) is 24.5. The van der Waals surface area contributed by atoms with Crippen LogP contribution >= 0.6 is 0 Å². The van der Waals surface area contributed by atoms with E-state index in [1.807, 2.05) is 21.1 Å². The molecule has 0 aliphatic heterocycles. The summed E-state index contributed by atoms with van der Waals surface area (Å²) >= 11 is 0. The Balaban J connectivity index is 4.34. The topological polar surface area (TPSA) is 99.1 Å². The summed E-state index contributed by atoms with van der Waals surface area (Å²) in [6, 6.07) is -0.623. The number of quaternary nitrogens is 1. The number of rotatable bonds is 43. The smallest absolute Gasteiger partial charge is 0.362 e. The molecule has 0 aromatic carbocycles. The summed E-state index contributed by atoms with van der Waals surface area (Å²) in [5.41, 5.74) is 0. The van der Waals surface area contributed by atoms with E-state index in [0.717, 1.165) is 64.2 Å². The van der Waals surface area contributed by atoms with Crippen LogP contribution in [-0.2, 0) is 28.6 Å². The highest BCUT2D eigenvalue weighted by Gasteiger charge is 2.31. The molecule has 0 aliphatic carbocycles. The van der Waals surface area contributed by atoms with E-state index < -0.39 is 18.1 Å². The quantitative estimate of drug-likeness (QED) is 0.0282. The van der Waals surface area contributed by atoms with Gasteiger partial charge in [0, 0.05) is 19.3 Å². The molecule has 0 bridgehead atoms. The normalized spacial score (nSPS) is 13.5. The monoisotopic (exact) mass is 855 g/mol. The van der Waals surface area contributed by atoms with Crippen LogP contribution in [0.3, 0.4) is 0 Å². The molecule has 0 saturated heterocycles. The van der Waals surface area contributed by atoms with Gasteiger partial charge in [0.1, 0.15) is 6.61 Å². The van der Waals surface area contributed by atoms with E-state index >= 15 is 0 Å². The van der Waals surface area contributed by atoms with Crippen molar-refractivity contribution >= 4 is 17.9 Å². The summed E-state index contributed by atoms with van der Waals surface area (Å²) in [5, 5.41) is 9.64. The summed E-state index contributed by atoms with van der Waals surface area (Å²) in [5.74, 6) is -1.50. The molecule has 0 saturated carbocycles. The van der Waals surface area contributed by atoms with Crippen molar-refractivity contribution < 1.29 is 38.2 Å². The molecule has 0 radical (unpaired) electrons. The fraction of sp³-hybridized carbons (Fsp3) is 0.717. The van der Waals surface area contributed by atoms with E-state index in [2.05, 4.69) is 86.8 Å². The number of carbonyl (C=O) groups excluding carboxylic acids is 2. The molecule has 0 rings (SSSR count). The molecule has 0 aliphatic rings. The molecule has 2 atom stereocenters. The molecule has 0 aromatic heterocycles. The first kappa shape index (κ1) is 57.8. The maximum Gasteiger partial charge on any atom is 0.362 e. The molecule has 61 heavy (non-hydrogen) atoms. The summed E-state index contributed by atoms with van der Waals surface area (Å²) in [7, 11) is 5.52. The third kappa shape index (κ3) is 41.9. The van der Waals surface area contributed by atoms with E-state index in [-0.39, 0.29) is 36.2 Å². The number of carboxylic acid groups (broad SMARTS) is 1. The van der Waals surface area contributed by atoms with Gasteiger partial charge in [-0.05, 0) is 64.2 Å². The van der Waals surface area contributed by atoms with Crippen molar-refractivity contribution in [1.29, 1.82) is 0 Å². The maximum atomic E-state index is 12.8. The lowest BCUT2D eigenvalue weighted by molar-refractivity contribution is -0.887. The molecule has 0 aromatic rings. The number of hydrogen-bond donors (Lipinski definition) is 1. The van der Waals surface area contributed by atoms with E-state index in [9.17, 15) is 19.5 Å². The summed E-state index contributed by atoms with van der Waals surface area (Å²) < 4.78 is 17.3. The summed E-state index contributed by atoms with van der Waals surface area (Å²) in [6.45, 7) is 4.64. The number of aliphatic carboxylic acids is 1. The van der Waals surface area contributed by atoms with Crippen molar-refractivity contribution in [2.24, 2.45) is 0 Å². The maximum absolute atomic E-state index is 12.8. The lowest BCUT2D eigenvalue weighted by Crippen LogP contribution is -2.50. The van der Waals surface area contributed by atoms with Crippen molar-refractivity contribution in [3.8, 4) is 0 Å². The first-order chi connectivity index (χ1) is 29.6. The van der Waals surface area contributed by atoms with Crippen LogP contribution in [0.1, 0.15) is 194 Å². The minimum atomic E-state index is -0.882. The van der Waals surface area contributed by atoms with Gasteiger partial charge >= 0.3 is 17.9 Å². The minimum Gasteiger partial charge on any atom is -0.477 e. The number of likely N-dealkylation sites (N-methyl/N-ethyl adjacent to an activating group) is 1. The molecule has 0 heterocycles. The second-order valence-corrected chi connectivity index (χ2v) is 17.5. The van der Waals surface area contributed by atoms with E-state index in [1.54, 1.807) is 0 Å². The van der Waals surface area contributed by atoms with Crippen molar-refractivity contribution in [2.75, 3.05) is 41.0 Å². The molecular weight excluding hydrogens is 763 g/mol. The number of allylic oxidation sites excluding steroid dienone is 12. The lowest BCUT2D eigenvalue weighted by atomic mass is 10.1. The molecular formula is C53H92NO7+. The Kier molecular flexibility index (Phi) is 41.1. The number of carbonyl (C=O) groups is 3. The Morgan fingerprint density at radius 1 is 0.492 bits per heavy atom. The fourth-order valence-corrected chi connectivity index (χ4v) is 6.86. The zero-order valence-electron chi connectivity index (χ0n) is 39.8. The third-order valence-corrected chi connectivity index (χ3v) is 10.7. The lowest BCUT2D eigenvalue weighted by Gasteiger charge is -2.31. The highest BCUT2D eigenvalue weighted by molar-refractivity contribution is 5.72. The van der Waals surface area contributed by atoms with Crippen LogP contribution in [0.4, 0.5) is 0 Å². The second kappa shape index (κ2) is 43.4. The largest absolute Gasteiger partial charge is 0.477 e. The molecule has 350 valence electrons. The summed E-state index contributed by atoms with van der Waals surface area (Å²) in [4.78, 5) is 37.1. The molecule has 0 fully saturated rings. The van der Waals surface area contributed by atoms with Crippen molar-refractivity contribution in [3.63, 3.8) is 0 Å². The number of ether oxygens (including phenoxy) is 3. The standard InChI is InChI=1S/C53H91NO7/c1-6-8-10-12-14-16-18-20-22-24-26-28-29-31-33-35-37-39-41-43-51(55)60-48-49(47-59-46-45-50(53(57)58)54(3,4)5)61-52(56)44-42-40-38-36-34-32-30-27-25-23-21-19-17-15-13-11-9-7-2/h14-21,23,25,27,30,49-50H,6-13,22,24,26,28-29,31-48H2,1-5H3/p+1/b16-14+,17-15+,20-18+,21-19+,25-23+,30-27+. The Morgan fingerprint density at radius 2 is 0.869 bits per heavy atom. The molecule has 8 heteroatoms. The Morgan fingerprint density at radius 3 is 1.30 bits per heavy atom. The van der Waals surface area contributed by atoms with Crippen molar-refractivity contribution in [2.45, 2.75) is 206 Å². The number of esters is 2. The Hall–Kier alpha value is -3.23. The van der Waals surface area contributed by atoms with Gasteiger partial charge in [-0.1, -0.05) is 183 Å². The van der Waals surface area contributed by atoms with Gasteiger partial charge < -0.3 is 23.8 Å². The SMILES string of the molecule is CCCCC/C=C/C=C/C=C/C=C/CCCCCCCC(=O)OC(COCCC(C(=O)O)[N+](C)(C)C)COC(=O)CCCCCCCCCCCC/C=C/C=C/CCCCC. The molecule has 1 N–H and O–H groups in total. The fourth-order valence-electron chi connectivity index (χ4n) is 6.86. The second-order valence-electron chi connectivity index (χ2n) is 17.5. The van der Waals surface area contributed by atoms with E-state index in [4.69, 9.17) is 14.2 Å². The zero-order chi connectivity index (χ0) is 44.9. The van der Waals surface area contributed by atoms with Crippen LogP contribution in [0.5, 0.6) is 0 Å². The van der Waals surface area contributed by atoms with Gasteiger partial charge in [0.05, 0.1) is 34.4 Å². The highest BCUT2D eigenvalue weighted by Crippen LogP contribution is 2.14. The van der Waals surface area contributed by atoms with Crippen LogP contribution < -0.4 is 0 Å². The van der Waals surface area contributed by atoms with Crippen LogP contribution in [0, 0.1) is 0 Å². The van der Waals surface area contributed by atoms with E-state index in [0.29, 0.717) is 19.3 Å². The number of carboxylic acids is 1. The highest BCUT2D eigenvalue weighted by atomic mass is 16.6. The van der Waals surface area contributed by atoms with Gasteiger partial charge in [0.2, 0.25) is 0 Å².